The lowest BCUT2D eigenvalue weighted by Gasteiger charge is -2.39. The number of nitrogens with zero attached hydrogens (tertiary/aromatic N) is 1. The fourth-order valence-electron chi connectivity index (χ4n) is 6.33. The molecule has 2 aromatic rings. The summed E-state index contributed by atoms with van der Waals surface area (Å²) in [6.45, 7) is -0.321. The van der Waals surface area contributed by atoms with Crippen molar-refractivity contribution < 1.29 is 15.0 Å². The van der Waals surface area contributed by atoms with Gasteiger partial charge in [-0.2, -0.15) is 5.26 Å². The van der Waals surface area contributed by atoms with Crippen LogP contribution in [-0.4, -0.2) is 40.8 Å². The van der Waals surface area contributed by atoms with Gasteiger partial charge in [-0.15, -0.1) is 0 Å². The molecule has 1 saturated carbocycles. The molecule has 0 aromatic heterocycles. The van der Waals surface area contributed by atoms with Crippen molar-refractivity contribution in [3.63, 3.8) is 0 Å². The third-order valence-corrected chi connectivity index (χ3v) is 8.51. The Bertz CT molecular complexity index is 1080. The minimum Gasteiger partial charge on any atom is -0.394 e. The zero-order chi connectivity index (χ0) is 25.7. The number of Topliss-reactive ketones (excluding diaryl/α,β-unsaturated/α-hetero) is 1. The van der Waals surface area contributed by atoms with Gasteiger partial charge in [0.25, 0.3) is 0 Å². The summed E-state index contributed by atoms with van der Waals surface area (Å²) in [5.74, 6) is -0.161. The number of aliphatic hydroxyl groups is 2. The van der Waals surface area contributed by atoms with E-state index in [9.17, 15) is 15.2 Å². The van der Waals surface area contributed by atoms with Crippen molar-refractivity contribution in [2.45, 2.75) is 80.9 Å². The number of carbonyl (C=O) groups is 1. The second-order valence-corrected chi connectivity index (χ2v) is 11.1. The summed E-state index contributed by atoms with van der Waals surface area (Å²) in [6, 6.07) is 16.9. The molecule has 1 aliphatic carbocycles. The van der Waals surface area contributed by atoms with Crippen LogP contribution < -0.4 is 5.32 Å². The average molecular weight is 530 g/mol. The Labute approximate surface area is 223 Å². The Kier molecular flexibility index (Phi) is 9.09. The van der Waals surface area contributed by atoms with Gasteiger partial charge in [0.1, 0.15) is 11.2 Å². The maximum absolute atomic E-state index is 13.7. The van der Waals surface area contributed by atoms with Crippen molar-refractivity contribution in [1.29, 1.82) is 5.26 Å². The first-order chi connectivity index (χ1) is 17.4. The van der Waals surface area contributed by atoms with Gasteiger partial charge in [0.2, 0.25) is 0 Å². The average Bonchev–Trinajstić information content (AvgIpc) is 3.26. The minimum absolute atomic E-state index is 0.0111. The summed E-state index contributed by atoms with van der Waals surface area (Å²) < 4.78 is 0. The zero-order valence-corrected chi connectivity index (χ0v) is 21.9. The second kappa shape index (κ2) is 12.1. The van der Waals surface area contributed by atoms with Gasteiger partial charge in [-0.25, -0.2) is 0 Å². The van der Waals surface area contributed by atoms with E-state index in [2.05, 4.69) is 11.4 Å². The van der Waals surface area contributed by atoms with Crippen LogP contribution in [0.3, 0.4) is 0 Å². The van der Waals surface area contributed by atoms with E-state index in [-0.39, 0.29) is 30.8 Å². The van der Waals surface area contributed by atoms with Crippen LogP contribution in [0.1, 0.15) is 68.4 Å². The van der Waals surface area contributed by atoms with Crippen LogP contribution in [0, 0.1) is 17.2 Å². The SMILES string of the molecule is N#C[C@]1(c2ccc(Cl)cc2)[C@H](C2CCCCC2)N[C@@H](C(=O)CCC[C@H](O)CO)[C@@H]1c1cccc(Cl)c1. The quantitative estimate of drug-likeness (QED) is 0.396. The lowest BCUT2D eigenvalue weighted by Crippen LogP contribution is -2.47. The molecule has 7 heteroatoms. The summed E-state index contributed by atoms with van der Waals surface area (Å²) in [7, 11) is 0. The van der Waals surface area contributed by atoms with Crippen LogP contribution in [-0.2, 0) is 10.2 Å². The predicted molar refractivity (Wildman–Crippen MR) is 142 cm³/mol. The molecule has 2 aliphatic rings. The van der Waals surface area contributed by atoms with Crippen LogP contribution in [0.25, 0.3) is 0 Å². The molecule has 2 fully saturated rings. The van der Waals surface area contributed by atoms with E-state index >= 15 is 0 Å². The van der Waals surface area contributed by atoms with E-state index in [0.29, 0.717) is 22.9 Å². The van der Waals surface area contributed by atoms with Crippen molar-refractivity contribution in [2.24, 2.45) is 5.92 Å². The maximum Gasteiger partial charge on any atom is 0.150 e. The molecule has 192 valence electrons. The van der Waals surface area contributed by atoms with Crippen LogP contribution in [0.15, 0.2) is 48.5 Å². The molecule has 1 heterocycles. The summed E-state index contributed by atoms with van der Waals surface area (Å²) in [4.78, 5) is 13.7. The Morgan fingerprint density at radius 2 is 1.83 bits per heavy atom. The van der Waals surface area contributed by atoms with Crippen molar-refractivity contribution >= 4 is 29.0 Å². The van der Waals surface area contributed by atoms with Gasteiger partial charge in [-0.3, -0.25) is 4.79 Å². The molecule has 5 atom stereocenters. The molecule has 0 amide bonds. The molecule has 0 bridgehead atoms. The summed E-state index contributed by atoms with van der Waals surface area (Å²) in [5, 5.41) is 34.7. The van der Waals surface area contributed by atoms with Crippen LogP contribution in [0.2, 0.25) is 10.0 Å². The van der Waals surface area contributed by atoms with Crippen molar-refractivity contribution in [3.05, 3.63) is 69.7 Å². The number of ketones is 1. The highest BCUT2D eigenvalue weighted by atomic mass is 35.5. The van der Waals surface area contributed by atoms with E-state index in [1.165, 1.54) is 6.42 Å². The first-order valence-electron chi connectivity index (χ1n) is 12.9. The number of rotatable bonds is 9. The maximum atomic E-state index is 13.7. The van der Waals surface area contributed by atoms with Crippen molar-refractivity contribution in [2.75, 3.05) is 6.61 Å². The van der Waals surface area contributed by atoms with Crippen LogP contribution >= 0.6 is 23.2 Å². The highest BCUT2D eigenvalue weighted by Gasteiger charge is 2.60. The molecule has 0 spiro atoms. The molecule has 36 heavy (non-hydrogen) atoms. The smallest absolute Gasteiger partial charge is 0.150 e. The lowest BCUT2D eigenvalue weighted by atomic mass is 9.61. The number of nitriles is 1. The van der Waals surface area contributed by atoms with E-state index in [4.69, 9.17) is 28.3 Å². The van der Waals surface area contributed by atoms with Crippen molar-refractivity contribution in [1.82, 2.24) is 5.32 Å². The number of hydrogen-bond acceptors (Lipinski definition) is 5. The van der Waals surface area contributed by atoms with E-state index < -0.39 is 23.5 Å². The number of benzene rings is 2. The van der Waals surface area contributed by atoms with Gasteiger partial charge >= 0.3 is 0 Å². The monoisotopic (exact) mass is 528 g/mol. The topological polar surface area (TPSA) is 93.4 Å². The van der Waals surface area contributed by atoms with E-state index in [1.807, 2.05) is 42.5 Å². The molecule has 2 aromatic carbocycles. The van der Waals surface area contributed by atoms with Crippen LogP contribution in [0.5, 0.6) is 0 Å². The Morgan fingerprint density at radius 1 is 1.11 bits per heavy atom. The molecule has 0 radical (unpaired) electrons. The number of hydrogen-bond donors (Lipinski definition) is 3. The van der Waals surface area contributed by atoms with E-state index in [0.717, 1.165) is 36.8 Å². The van der Waals surface area contributed by atoms with Crippen molar-refractivity contribution in [3.8, 4) is 6.07 Å². The standard InChI is InChI=1S/C29H34Cl2N2O3/c30-22-14-12-21(13-15-22)29(18-32)26(20-8-4-9-23(31)16-20)27(25(36)11-5-10-24(35)17-34)33-28(29)19-6-2-1-3-7-19/h4,8-9,12-16,19,24,26-28,33-35H,1-3,5-7,10-11,17H2/t24-,26-,27-,28-,29+/m0/s1. The zero-order valence-electron chi connectivity index (χ0n) is 20.4. The molecule has 0 unspecified atom stereocenters. The fraction of sp³-hybridized carbons (Fsp3) is 0.517. The fourth-order valence-corrected chi connectivity index (χ4v) is 6.66. The molecular formula is C29H34Cl2N2O3. The lowest BCUT2D eigenvalue weighted by molar-refractivity contribution is -0.121. The normalized spacial score (nSPS) is 27.5. The first-order valence-corrected chi connectivity index (χ1v) is 13.7. The molecular weight excluding hydrogens is 495 g/mol. The molecule has 1 saturated heterocycles. The second-order valence-electron chi connectivity index (χ2n) is 10.2. The summed E-state index contributed by atoms with van der Waals surface area (Å²) in [6.07, 6.45) is 5.69. The van der Waals surface area contributed by atoms with Gasteiger partial charge < -0.3 is 15.5 Å². The Morgan fingerprint density at radius 3 is 2.47 bits per heavy atom. The Balaban J connectivity index is 1.81. The van der Waals surface area contributed by atoms with Gasteiger partial charge in [-0.1, -0.05) is 66.7 Å². The highest BCUT2D eigenvalue weighted by Crippen LogP contribution is 2.53. The third kappa shape index (κ3) is 5.49. The van der Waals surface area contributed by atoms with Gasteiger partial charge in [-0.05, 0) is 67.0 Å². The molecule has 4 rings (SSSR count). The molecule has 5 nitrogen and oxygen atoms in total. The molecule has 3 N–H and O–H groups in total. The highest BCUT2D eigenvalue weighted by molar-refractivity contribution is 6.30. The van der Waals surface area contributed by atoms with Gasteiger partial charge in [0.05, 0.1) is 24.8 Å². The number of nitrogens with one attached hydrogen (secondary N) is 1. The Hall–Kier alpha value is -1.94. The van der Waals surface area contributed by atoms with Gasteiger partial charge in [0.15, 0.2) is 0 Å². The molecule has 1 aliphatic heterocycles. The van der Waals surface area contributed by atoms with Gasteiger partial charge in [0, 0.05) is 28.4 Å². The number of halogens is 2. The largest absolute Gasteiger partial charge is 0.394 e. The first kappa shape index (κ1) is 27.1. The number of carbonyl (C=O) groups excluding carboxylic acids is 1. The van der Waals surface area contributed by atoms with Crippen LogP contribution in [0.4, 0.5) is 0 Å². The minimum atomic E-state index is -0.984. The third-order valence-electron chi connectivity index (χ3n) is 8.03. The predicted octanol–water partition coefficient (Wildman–Crippen LogP) is 5.55. The number of aliphatic hydroxyl groups excluding tert-OH is 2. The summed E-state index contributed by atoms with van der Waals surface area (Å²) >= 11 is 12.6. The summed E-state index contributed by atoms with van der Waals surface area (Å²) in [5.41, 5.74) is 0.731. The van der Waals surface area contributed by atoms with E-state index in [1.54, 1.807) is 6.07 Å².